The molecule has 0 radical (unpaired) electrons. The average molecular weight is 260 g/mol. The summed E-state index contributed by atoms with van der Waals surface area (Å²) in [4.78, 5) is 11.4. The van der Waals surface area contributed by atoms with Crippen molar-refractivity contribution >= 4 is 5.82 Å². The second-order valence-electron chi connectivity index (χ2n) is 5.98. The number of aromatic nitrogens is 2. The van der Waals surface area contributed by atoms with Crippen molar-refractivity contribution in [3.05, 3.63) is 18.1 Å². The normalized spacial score (nSPS) is 28.4. The SMILES string of the molecule is NC1CC(c2cc(N3CCCCCCC3)ncn2)C1. The van der Waals surface area contributed by atoms with Gasteiger partial charge in [0.15, 0.2) is 0 Å². The molecule has 3 rings (SSSR count). The van der Waals surface area contributed by atoms with Crippen LogP contribution in [0.1, 0.15) is 56.6 Å². The van der Waals surface area contributed by atoms with Gasteiger partial charge in [0.1, 0.15) is 12.1 Å². The molecule has 0 unspecified atom stereocenters. The molecule has 1 aromatic rings. The van der Waals surface area contributed by atoms with E-state index in [1.165, 1.54) is 37.8 Å². The lowest BCUT2D eigenvalue weighted by molar-refractivity contribution is 0.345. The largest absolute Gasteiger partial charge is 0.357 e. The van der Waals surface area contributed by atoms with Crippen molar-refractivity contribution < 1.29 is 0 Å². The molecule has 104 valence electrons. The number of hydrogen-bond acceptors (Lipinski definition) is 4. The van der Waals surface area contributed by atoms with Gasteiger partial charge in [-0.15, -0.1) is 0 Å². The molecular formula is C15H24N4. The third kappa shape index (κ3) is 3.06. The smallest absolute Gasteiger partial charge is 0.132 e. The zero-order valence-electron chi connectivity index (χ0n) is 11.6. The van der Waals surface area contributed by atoms with Crippen LogP contribution in [0.15, 0.2) is 12.4 Å². The van der Waals surface area contributed by atoms with Gasteiger partial charge in [0.05, 0.1) is 0 Å². The van der Waals surface area contributed by atoms with Gasteiger partial charge >= 0.3 is 0 Å². The van der Waals surface area contributed by atoms with Crippen LogP contribution in [0.25, 0.3) is 0 Å². The molecule has 4 nitrogen and oxygen atoms in total. The Kier molecular flexibility index (Phi) is 3.97. The molecule has 2 N–H and O–H groups in total. The lowest BCUT2D eigenvalue weighted by Gasteiger charge is -2.32. The van der Waals surface area contributed by atoms with Crippen molar-refractivity contribution in [2.75, 3.05) is 18.0 Å². The quantitative estimate of drug-likeness (QED) is 0.887. The van der Waals surface area contributed by atoms with E-state index < -0.39 is 0 Å². The van der Waals surface area contributed by atoms with Crippen molar-refractivity contribution in [2.24, 2.45) is 5.73 Å². The van der Waals surface area contributed by atoms with Gasteiger partial charge in [-0.3, -0.25) is 0 Å². The van der Waals surface area contributed by atoms with Gasteiger partial charge < -0.3 is 10.6 Å². The van der Waals surface area contributed by atoms with E-state index in [0.29, 0.717) is 12.0 Å². The van der Waals surface area contributed by atoms with Crippen molar-refractivity contribution in [3.63, 3.8) is 0 Å². The highest BCUT2D eigenvalue weighted by Gasteiger charge is 2.28. The zero-order chi connectivity index (χ0) is 13.1. The van der Waals surface area contributed by atoms with Gasteiger partial charge in [0.25, 0.3) is 0 Å². The molecule has 0 aromatic carbocycles. The summed E-state index contributed by atoms with van der Waals surface area (Å²) in [7, 11) is 0. The van der Waals surface area contributed by atoms with E-state index in [0.717, 1.165) is 31.7 Å². The lowest BCUT2D eigenvalue weighted by Crippen LogP contribution is -2.35. The van der Waals surface area contributed by atoms with Crippen LogP contribution >= 0.6 is 0 Å². The molecule has 2 heterocycles. The number of hydrogen-bond donors (Lipinski definition) is 1. The molecule has 0 amide bonds. The van der Waals surface area contributed by atoms with E-state index in [1.54, 1.807) is 6.33 Å². The van der Waals surface area contributed by atoms with Crippen LogP contribution < -0.4 is 10.6 Å². The molecule has 1 saturated heterocycles. The van der Waals surface area contributed by atoms with Gasteiger partial charge in [-0.2, -0.15) is 0 Å². The maximum atomic E-state index is 5.87. The molecule has 1 aliphatic carbocycles. The van der Waals surface area contributed by atoms with Crippen molar-refractivity contribution in [2.45, 2.75) is 56.9 Å². The Balaban J connectivity index is 1.70. The molecule has 0 atom stereocenters. The Labute approximate surface area is 115 Å². The minimum atomic E-state index is 0.380. The minimum Gasteiger partial charge on any atom is -0.357 e. The minimum absolute atomic E-state index is 0.380. The van der Waals surface area contributed by atoms with E-state index in [9.17, 15) is 0 Å². The summed E-state index contributed by atoms with van der Waals surface area (Å²) in [5.41, 5.74) is 7.06. The first-order chi connectivity index (χ1) is 9.33. The molecule has 0 spiro atoms. The standard InChI is InChI=1S/C15H24N4/c16-13-8-12(9-13)14-10-15(18-11-17-14)19-6-4-2-1-3-5-7-19/h10-13H,1-9,16H2. The summed E-state index contributed by atoms with van der Waals surface area (Å²) < 4.78 is 0. The molecular weight excluding hydrogens is 236 g/mol. The van der Waals surface area contributed by atoms with Crippen LogP contribution in [-0.2, 0) is 0 Å². The third-order valence-electron chi connectivity index (χ3n) is 4.45. The fourth-order valence-electron chi connectivity index (χ4n) is 3.14. The molecule has 1 aromatic heterocycles. The van der Waals surface area contributed by atoms with Crippen LogP contribution in [0.2, 0.25) is 0 Å². The number of rotatable bonds is 2. The summed E-state index contributed by atoms with van der Waals surface area (Å²) >= 11 is 0. The molecule has 2 fully saturated rings. The van der Waals surface area contributed by atoms with E-state index in [1.807, 2.05) is 0 Å². The van der Waals surface area contributed by atoms with Crippen LogP contribution in [0.4, 0.5) is 5.82 Å². The lowest BCUT2D eigenvalue weighted by atomic mass is 9.78. The van der Waals surface area contributed by atoms with Crippen molar-refractivity contribution in [1.82, 2.24) is 9.97 Å². The highest BCUT2D eigenvalue weighted by atomic mass is 15.2. The first-order valence-corrected chi connectivity index (χ1v) is 7.65. The van der Waals surface area contributed by atoms with Crippen molar-refractivity contribution in [1.29, 1.82) is 0 Å². The Bertz CT molecular complexity index is 406. The Morgan fingerprint density at radius 1 is 1.00 bits per heavy atom. The number of anilines is 1. The molecule has 2 aliphatic rings. The predicted octanol–water partition coefficient (Wildman–Crippen LogP) is 2.45. The van der Waals surface area contributed by atoms with Gasteiger partial charge in [0, 0.05) is 36.8 Å². The fraction of sp³-hybridized carbons (Fsp3) is 0.733. The first-order valence-electron chi connectivity index (χ1n) is 7.65. The second kappa shape index (κ2) is 5.87. The topological polar surface area (TPSA) is 55.0 Å². The van der Waals surface area contributed by atoms with E-state index in [-0.39, 0.29) is 0 Å². The highest BCUT2D eigenvalue weighted by molar-refractivity contribution is 5.40. The molecule has 1 aliphatic heterocycles. The molecule has 0 bridgehead atoms. The van der Waals surface area contributed by atoms with Crippen LogP contribution in [0, 0.1) is 0 Å². The Morgan fingerprint density at radius 2 is 1.68 bits per heavy atom. The molecule has 19 heavy (non-hydrogen) atoms. The van der Waals surface area contributed by atoms with E-state index in [2.05, 4.69) is 20.9 Å². The Morgan fingerprint density at radius 3 is 2.37 bits per heavy atom. The van der Waals surface area contributed by atoms with Gasteiger partial charge in [-0.25, -0.2) is 9.97 Å². The summed E-state index contributed by atoms with van der Waals surface area (Å²) in [5, 5.41) is 0. The van der Waals surface area contributed by atoms with E-state index >= 15 is 0 Å². The number of nitrogens with two attached hydrogens (primary N) is 1. The van der Waals surface area contributed by atoms with Gasteiger partial charge in [-0.1, -0.05) is 19.3 Å². The predicted molar refractivity (Wildman–Crippen MR) is 77.3 cm³/mol. The van der Waals surface area contributed by atoms with Crippen LogP contribution in [0.3, 0.4) is 0 Å². The van der Waals surface area contributed by atoms with Crippen LogP contribution in [-0.4, -0.2) is 29.1 Å². The summed E-state index contributed by atoms with van der Waals surface area (Å²) in [5.74, 6) is 1.68. The second-order valence-corrected chi connectivity index (χ2v) is 5.98. The maximum absolute atomic E-state index is 5.87. The monoisotopic (exact) mass is 260 g/mol. The van der Waals surface area contributed by atoms with Crippen molar-refractivity contribution in [3.8, 4) is 0 Å². The number of nitrogens with zero attached hydrogens (tertiary/aromatic N) is 3. The average Bonchev–Trinajstić information content (AvgIpc) is 2.35. The zero-order valence-corrected chi connectivity index (χ0v) is 11.6. The van der Waals surface area contributed by atoms with E-state index in [4.69, 9.17) is 5.73 Å². The summed E-state index contributed by atoms with van der Waals surface area (Å²) in [6, 6.07) is 2.57. The maximum Gasteiger partial charge on any atom is 0.132 e. The van der Waals surface area contributed by atoms with Gasteiger partial charge in [-0.05, 0) is 25.7 Å². The Hall–Kier alpha value is -1.16. The highest BCUT2D eigenvalue weighted by Crippen LogP contribution is 2.35. The summed E-state index contributed by atoms with van der Waals surface area (Å²) in [6.45, 7) is 2.28. The van der Waals surface area contributed by atoms with Crippen LogP contribution in [0.5, 0.6) is 0 Å². The first kappa shape index (κ1) is 12.9. The third-order valence-corrected chi connectivity index (χ3v) is 4.45. The van der Waals surface area contributed by atoms with Gasteiger partial charge in [0.2, 0.25) is 0 Å². The fourth-order valence-corrected chi connectivity index (χ4v) is 3.14. The molecule has 1 saturated carbocycles. The molecule has 4 heteroatoms. The summed E-state index contributed by atoms with van der Waals surface area (Å²) in [6.07, 6.45) is 10.6.